The molecule has 2 aliphatic rings. The molecule has 0 aromatic rings. The van der Waals surface area contributed by atoms with E-state index in [9.17, 15) is 5.11 Å². The molecule has 0 amide bonds. The van der Waals surface area contributed by atoms with E-state index in [2.05, 4.69) is 10.6 Å². The van der Waals surface area contributed by atoms with Gasteiger partial charge in [-0.1, -0.05) is 0 Å². The van der Waals surface area contributed by atoms with Crippen molar-refractivity contribution in [1.82, 2.24) is 10.6 Å². The summed E-state index contributed by atoms with van der Waals surface area (Å²) in [6, 6.07) is 0.449. The molecule has 0 bridgehead atoms. The highest BCUT2D eigenvalue weighted by atomic mass is 16.5. The summed E-state index contributed by atoms with van der Waals surface area (Å²) >= 11 is 0. The van der Waals surface area contributed by atoms with E-state index in [-0.39, 0.29) is 0 Å². The number of ether oxygens (including phenoxy) is 1. The highest BCUT2D eigenvalue weighted by molar-refractivity contribution is 4.86. The molecule has 0 spiro atoms. The Kier molecular flexibility index (Phi) is 3.97. The van der Waals surface area contributed by atoms with Gasteiger partial charge in [0.1, 0.15) is 0 Å². The van der Waals surface area contributed by atoms with Crippen molar-refractivity contribution >= 4 is 0 Å². The Morgan fingerprint density at radius 3 is 3.13 bits per heavy atom. The second-order valence-electron chi connectivity index (χ2n) is 4.77. The molecule has 2 unspecified atom stereocenters. The summed E-state index contributed by atoms with van der Waals surface area (Å²) in [5, 5.41) is 17.1. The molecule has 4 nitrogen and oxygen atoms in total. The van der Waals surface area contributed by atoms with Crippen LogP contribution in [0, 0.1) is 0 Å². The van der Waals surface area contributed by atoms with Crippen LogP contribution < -0.4 is 10.6 Å². The van der Waals surface area contributed by atoms with Crippen LogP contribution in [0.2, 0.25) is 0 Å². The Balaban J connectivity index is 1.75. The highest BCUT2D eigenvalue weighted by Gasteiger charge is 2.29. The van der Waals surface area contributed by atoms with Gasteiger partial charge in [0.25, 0.3) is 0 Å². The first-order valence-electron chi connectivity index (χ1n) is 6.03. The summed E-state index contributed by atoms with van der Waals surface area (Å²) in [5.41, 5.74) is -0.508. The highest BCUT2D eigenvalue weighted by Crippen LogP contribution is 2.19. The van der Waals surface area contributed by atoms with Gasteiger partial charge in [-0.05, 0) is 38.8 Å². The molecule has 2 atom stereocenters. The number of rotatable bonds is 3. The zero-order chi connectivity index (χ0) is 10.6. The molecule has 2 heterocycles. The second-order valence-corrected chi connectivity index (χ2v) is 4.77. The summed E-state index contributed by atoms with van der Waals surface area (Å²) in [6.45, 7) is 4.34. The van der Waals surface area contributed by atoms with Crippen molar-refractivity contribution in [1.29, 1.82) is 0 Å². The maximum Gasteiger partial charge on any atom is 0.0784 e. The Labute approximate surface area is 91.4 Å². The number of hydrogen-bond acceptors (Lipinski definition) is 4. The van der Waals surface area contributed by atoms with Crippen LogP contribution in [-0.2, 0) is 4.74 Å². The van der Waals surface area contributed by atoms with Gasteiger partial charge in [-0.15, -0.1) is 0 Å². The van der Waals surface area contributed by atoms with Crippen LogP contribution in [0.4, 0.5) is 0 Å². The van der Waals surface area contributed by atoms with Crippen LogP contribution in [0.1, 0.15) is 25.7 Å². The number of aliphatic hydroxyl groups is 1. The molecule has 2 saturated heterocycles. The molecular formula is C11H22N2O2. The summed E-state index contributed by atoms with van der Waals surface area (Å²) in [5.74, 6) is 0. The lowest BCUT2D eigenvalue weighted by atomic mass is 9.94. The van der Waals surface area contributed by atoms with Gasteiger partial charge in [0.15, 0.2) is 0 Å². The molecule has 3 N–H and O–H groups in total. The Morgan fingerprint density at radius 2 is 2.33 bits per heavy atom. The van der Waals surface area contributed by atoms with Crippen molar-refractivity contribution in [2.45, 2.75) is 37.3 Å². The van der Waals surface area contributed by atoms with E-state index >= 15 is 0 Å². The molecule has 2 rings (SSSR count). The quantitative estimate of drug-likeness (QED) is 0.612. The zero-order valence-electron chi connectivity index (χ0n) is 9.30. The van der Waals surface area contributed by atoms with Crippen molar-refractivity contribution < 1.29 is 9.84 Å². The minimum absolute atomic E-state index is 0.449. The fraction of sp³-hybridized carbons (Fsp3) is 1.00. The molecule has 0 aliphatic carbocycles. The summed E-state index contributed by atoms with van der Waals surface area (Å²) in [6.07, 6.45) is 3.90. The van der Waals surface area contributed by atoms with E-state index in [4.69, 9.17) is 4.74 Å². The van der Waals surface area contributed by atoms with Crippen LogP contribution in [0.25, 0.3) is 0 Å². The molecule has 2 fully saturated rings. The predicted octanol–water partition coefficient (Wildman–Crippen LogP) is -0.131. The Morgan fingerprint density at radius 1 is 1.40 bits per heavy atom. The van der Waals surface area contributed by atoms with Gasteiger partial charge in [-0.3, -0.25) is 0 Å². The van der Waals surface area contributed by atoms with Gasteiger partial charge < -0.3 is 20.5 Å². The molecule has 88 valence electrons. The van der Waals surface area contributed by atoms with Gasteiger partial charge in [-0.2, -0.15) is 0 Å². The first-order chi connectivity index (χ1) is 7.29. The molecule has 2 aliphatic heterocycles. The molecule has 0 aromatic heterocycles. The molecule has 0 saturated carbocycles. The third kappa shape index (κ3) is 3.41. The maximum atomic E-state index is 10.4. The van der Waals surface area contributed by atoms with Crippen molar-refractivity contribution in [3.05, 3.63) is 0 Å². The van der Waals surface area contributed by atoms with E-state index in [1.165, 1.54) is 0 Å². The average molecular weight is 214 g/mol. The van der Waals surface area contributed by atoms with Crippen LogP contribution in [0.5, 0.6) is 0 Å². The summed E-state index contributed by atoms with van der Waals surface area (Å²) in [7, 11) is 0. The summed E-state index contributed by atoms with van der Waals surface area (Å²) in [4.78, 5) is 0. The lowest BCUT2D eigenvalue weighted by molar-refractivity contribution is 0.0254. The second kappa shape index (κ2) is 5.25. The SMILES string of the molecule is OC1(CNC2CCOC2)CCCNCC1. The first-order valence-corrected chi connectivity index (χ1v) is 6.03. The van der Waals surface area contributed by atoms with Crippen molar-refractivity contribution in [2.75, 3.05) is 32.8 Å². The van der Waals surface area contributed by atoms with Gasteiger partial charge in [-0.25, -0.2) is 0 Å². The first kappa shape index (κ1) is 11.3. The smallest absolute Gasteiger partial charge is 0.0784 e. The zero-order valence-corrected chi connectivity index (χ0v) is 9.30. The normalized spacial score (nSPS) is 37.8. The monoisotopic (exact) mass is 214 g/mol. The van der Waals surface area contributed by atoms with Crippen molar-refractivity contribution in [2.24, 2.45) is 0 Å². The van der Waals surface area contributed by atoms with Gasteiger partial charge in [0.05, 0.1) is 12.2 Å². The van der Waals surface area contributed by atoms with E-state index in [1.54, 1.807) is 0 Å². The Hall–Kier alpha value is -0.160. The van der Waals surface area contributed by atoms with Crippen LogP contribution in [0.3, 0.4) is 0 Å². The fourth-order valence-electron chi connectivity index (χ4n) is 2.32. The van der Waals surface area contributed by atoms with Gasteiger partial charge >= 0.3 is 0 Å². The standard InChI is InChI=1S/C11H22N2O2/c14-11(3-1-5-12-6-4-11)9-13-10-2-7-15-8-10/h10,12-14H,1-9H2. The van der Waals surface area contributed by atoms with Crippen LogP contribution in [-0.4, -0.2) is 49.6 Å². The molecule has 4 heteroatoms. The fourth-order valence-corrected chi connectivity index (χ4v) is 2.32. The van der Waals surface area contributed by atoms with Crippen molar-refractivity contribution in [3.63, 3.8) is 0 Å². The third-order valence-electron chi connectivity index (χ3n) is 3.41. The minimum atomic E-state index is -0.508. The molecule has 0 radical (unpaired) electrons. The molecule has 0 aromatic carbocycles. The van der Waals surface area contributed by atoms with Crippen molar-refractivity contribution in [3.8, 4) is 0 Å². The predicted molar refractivity (Wildman–Crippen MR) is 58.9 cm³/mol. The maximum absolute atomic E-state index is 10.4. The summed E-state index contributed by atoms with van der Waals surface area (Å²) < 4.78 is 5.30. The van der Waals surface area contributed by atoms with E-state index in [0.717, 1.165) is 52.0 Å². The third-order valence-corrected chi connectivity index (χ3v) is 3.41. The van der Waals surface area contributed by atoms with Crippen LogP contribution in [0.15, 0.2) is 0 Å². The van der Waals surface area contributed by atoms with E-state index in [1.807, 2.05) is 0 Å². The van der Waals surface area contributed by atoms with E-state index in [0.29, 0.717) is 12.6 Å². The number of nitrogens with one attached hydrogen (secondary N) is 2. The average Bonchev–Trinajstić information content (AvgIpc) is 2.65. The van der Waals surface area contributed by atoms with E-state index < -0.39 is 5.60 Å². The topological polar surface area (TPSA) is 53.5 Å². The largest absolute Gasteiger partial charge is 0.389 e. The lowest BCUT2D eigenvalue weighted by Crippen LogP contribution is -2.45. The van der Waals surface area contributed by atoms with Gasteiger partial charge in [0.2, 0.25) is 0 Å². The van der Waals surface area contributed by atoms with Crippen LogP contribution >= 0.6 is 0 Å². The minimum Gasteiger partial charge on any atom is -0.389 e. The molecule has 15 heavy (non-hydrogen) atoms. The van der Waals surface area contributed by atoms with Gasteiger partial charge in [0, 0.05) is 19.2 Å². The Bertz CT molecular complexity index is 185. The molecular weight excluding hydrogens is 192 g/mol. The lowest BCUT2D eigenvalue weighted by Gasteiger charge is -2.28. The number of hydrogen-bond donors (Lipinski definition) is 3.